The number of aliphatic hydroxyl groups excluding tert-OH is 1. The number of methoxy groups -OCH3 is 1. The highest BCUT2D eigenvalue weighted by Gasteiger charge is 2.10. The predicted molar refractivity (Wildman–Crippen MR) is 70.7 cm³/mol. The first-order valence-corrected chi connectivity index (χ1v) is 5.87. The number of hydrogen-bond donors (Lipinski definition) is 1. The van der Waals surface area contributed by atoms with Crippen molar-refractivity contribution in [3.05, 3.63) is 60.0 Å². The van der Waals surface area contributed by atoms with Gasteiger partial charge in [0.2, 0.25) is 0 Å². The molecule has 1 N–H and O–H groups in total. The van der Waals surface area contributed by atoms with Gasteiger partial charge < -0.3 is 9.84 Å². The molecule has 3 heteroatoms. The molecule has 2 nitrogen and oxygen atoms in total. The van der Waals surface area contributed by atoms with E-state index in [1.54, 1.807) is 37.5 Å². The van der Waals surface area contributed by atoms with E-state index in [1.807, 2.05) is 6.92 Å². The van der Waals surface area contributed by atoms with Crippen molar-refractivity contribution in [3.8, 4) is 0 Å². The Bertz CT molecular complexity index is 426. The predicted octanol–water partition coefficient (Wildman–Crippen LogP) is 3.40. The summed E-state index contributed by atoms with van der Waals surface area (Å²) in [4.78, 5) is 0. The molecule has 0 aromatic heterocycles. The van der Waals surface area contributed by atoms with Gasteiger partial charge >= 0.3 is 0 Å². The maximum atomic E-state index is 13.4. The first kappa shape index (κ1) is 14.6. The largest absolute Gasteiger partial charge is 0.388 e. The molecule has 0 bridgehead atoms. The molecule has 2 atom stereocenters. The molecule has 0 aliphatic heterocycles. The monoisotopic (exact) mass is 250 g/mol. The second-order valence-electron chi connectivity index (χ2n) is 4.13. The highest BCUT2D eigenvalue weighted by Crippen LogP contribution is 2.20. The van der Waals surface area contributed by atoms with E-state index in [0.29, 0.717) is 12.0 Å². The topological polar surface area (TPSA) is 29.5 Å². The van der Waals surface area contributed by atoms with Crippen molar-refractivity contribution in [2.24, 2.45) is 0 Å². The van der Waals surface area contributed by atoms with Gasteiger partial charge in [0.1, 0.15) is 5.82 Å². The molecule has 0 radical (unpaired) electrons. The molecule has 0 spiro atoms. The summed E-state index contributed by atoms with van der Waals surface area (Å²) in [5.74, 6) is -0.387. The van der Waals surface area contributed by atoms with Gasteiger partial charge in [0.25, 0.3) is 0 Å². The van der Waals surface area contributed by atoms with Gasteiger partial charge in [-0.05, 0) is 25.0 Å². The summed E-state index contributed by atoms with van der Waals surface area (Å²) in [6, 6.07) is 6.23. The Kier molecular flexibility index (Phi) is 5.75. The van der Waals surface area contributed by atoms with Crippen molar-refractivity contribution in [3.63, 3.8) is 0 Å². The minimum absolute atomic E-state index is 0.0631. The lowest BCUT2D eigenvalue weighted by molar-refractivity contribution is 0.150. The van der Waals surface area contributed by atoms with E-state index in [0.717, 1.165) is 5.57 Å². The van der Waals surface area contributed by atoms with Gasteiger partial charge in [-0.3, -0.25) is 0 Å². The Labute approximate surface area is 107 Å². The normalized spacial score (nSPS) is 14.7. The van der Waals surface area contributed by atoms with Gasteiger partial charge in [0, 0.05) is 12.7 Å². The summed E-state index contributed by atoms with van der Waals surface area (Å²) in [7, 11) is 1.61. The summed E-state index contributed by atoms with van der Waals surface area (Å²) in [5, 5.41) is 9.86. The average Bonchev–Trinajstić information content (AvgIpc) is 2.37. The molecule has 0 aliphatic rings. The second-order valence-corrected chi connectivity index (χ2v) is 4.13. The van der Waals surface area contributed by atoms with Crippen LogP contribution in [0.1, 0.15) is 25.0 Å². The zero-order valence-electron chi connectivity index (χ0n) is 10.8. The van der Waals surface area contributed by atoms with E-state index in [9.17, 15) is 9.50 Å². The molecular weight excluding hydrogens is 231 g/mol. The number of aliphatic hydroxyl groups is 1. The Morgan fingerprint density at radius 3 is 2.78 bits per heavy atom. The van der Waals surface area contributed by atoms with Crippen LogP contribution in [0.15, 0.2) is 48.6 Å². The van der Waals surface area contributed by atoms with Gasteiger partial charge in [-0.25, -0.2) is 4.39 Å². The number of hydrogen-bond acceptors (Lipinski definition) is 2. The minimum atomic E-state index is -0.840. The lowest BCUT2D eigenvalue weighted by Crippen LogP contribution is -2.05. The fourth-order valence-corrected chi connectivity index (χ4v) is 1.51. The van der Waals surface area contributed by atoms with Gasteiger partial charge in [-0.2, -0.15) is 0 Å². The van der Waals surface area contributed by atoms with Crippen LogP contribution in [0.2, 0.25) is 0 Å². The molecular formula is C15H19FO2. The second kappa shape index (κ2) is 7.09. The molecule has 0 saturated heterocycles. The van der Waals surface area contributed by atoms with Crippen molar-refractivity contribution < 1.29 is 14.2 Å². The number of rotatable bonds is 6. The maximum absolute atomic E-state index is 13.4. The summed E-state index contributed by atoms with van der Waals surface area (Å²) in [5.41, 5.74) is 1.13. The van der Waals surface area contributed by atoms with E-state index in [2.05, 4.69) is 6.58 Å². The Hall–Kier alpha value is -1.45. The fraction of sp³-hybridized carbons (Fsp3) is 0.333. The van der Waals surface area contributed by atoms with Crippen LogP contribution in [-0.2, 0) is 4.74 Å². The first-order valence-electron chi connectivity index (χ1n) is 5.87. The summed E-state index contributed by atoms with van der Waals surface area (Å²) in [6.45, 7) is 5.73. The molecule has 0 heterocycles. The molecule has 18 heavy (non-hydrogen) atoms. The molecule has 1 aromatic carbocycles. The summed E-state index contributed by atoms with van der Waals surface area (Å²) >= 11 is 0. The smallest absolute Gasteiger partial charge is 0.129 e. The Balaban J connectivity index is 2.57. The van der Waals surface area contributed by atoms with Crippen molar-refractivity contribution in [1.29, 1.82) is 0 Å². The van der Waals surface area contributed by atoms with Crippen molar-refractivity contribution in [2.45, 2.75) is 25.6 Å². The number of ether oxygens (including phenoxy) is 1. The third-order valence-corrected chi connectivity index (χ3v) is 2.83. The van der Waals surface area contributed by atoms with Crippen LogP contribution in [0.5, 0.6) is 0 Å². The van der Waals surface area contributed by atoms with Gasteiger partial charge in [-0.1, -0.05) is 36.9 Å². The highest BCUT2D eigenvalue weighted by molar-refractivity contribution is 5.22. The van der Waals surface area contributed by atoms with Crippen LogP contribution < -0.4 is 0 Å². The highest BCUT2D eigenvalue weighted by atomic mass is 19.1. The third-order valence-electron chi connectivity index (χ3n) is 2.83. The third kappa shape index (κ3) is 4.09. The van der Waals surface area contributed by atoms with E-state index >= 15 is 0 Å². The van der Waals surface area contributed by atoms with Crippen LogP contribution in [0.4, 0.5) is 4.39 Å². The van der Waals surface area contributed by atoms with E-state index < -0.39 is 6.10 Å². The average molecular weight is 250 g/mol. The van der Waals surface area contributed by atoms with Crippen LogP contribution in [-0.4, -0.2) is 18.3 Å². The first-order chi connectivity index (χ1) is 8.56. The molecule has 98 valence electrons. The quantitative estimate of drug-likeness (QED) is 0.784. The zero-order valence-corrected chi connectivity index (χ0v) is 10.8. The summed E-state index contributed by atoms with van der Waals surface area (Å²) in [6.07, 6.45) is 3.00. The molecule has 1 aromatic rings. The van der Waals surface area contributed by atoms with E-state index in [4.69, 9.17) is 4.74 Å². The van der Waals surface area contributed by atoms with Crippen LogP contribution in [0.3, 0.4) is 0 Å². The summed E-state index contributed by atoms with van der Waals surface area (Å²) < 4.78 is 18.5. The molecule has 0 saturated carbocycles. The Morgan fingerprint density at radius 1 is 1.50 bits per heavy atom. The molecule has 0 fully saturated rings. The van der Waals surface area contributed by atoms with Gasteiger partial charge in [-0.15, -0.1) is 0 Å². The van der Waals surface area contributed by atoms with Crippen molar-refractivity contribution in [1.82, 2.24) is 0 Å². The van der Waals surface area contributed by atoms with Crippen molar-refractivity contribution >= 4 is 0 Å². The van der Waals surface area contributed by atoms with E-state index in [-0.39, 0.29) is 11.9 Å². The van der Waals surface area contributed by atoms with Crippen molar-refractivity contribution in [2.75, 3.05) is 7.11 Å². The molecule has 1 rings (SSSR count). The Morgan fingerprint density at radius 2 is 2.17 bits per heavy atom. The van der Waals surface area contributed by atoms with Crippen LogP contribution >= 0.6 is 0 Å². The van der Waals surface area contributed by atoms with Gasteiger partial charge in [0.15, 0.2) is 0 Å². The van der Waals surface area contributed by atoms with E-state index in [1.165, 1.54) is 6.07 Å². The maximum Gasteiger partial charge on any atom is 0.129 e. The van der Waals surface area contributed by atoms with Crippen LogP contribution in [0.25, 0.3) is 0 Å². The number of halogens is 1. The zero-order chi connectivity index (χ0) is 13.5. The fourth-order valence-electron chi connectivity index (χ4n) is 1.51. The molecule has 2 unspecified atom stereocenters. The van der Waals surface area contributed by atoms with Gasteiger partial charge in [0.05, 0.1) is 12.2 Å². The standard InChI is InChI=1S/C15H19FO2/c1-11(12(2)18-3)7-6-10-15(17)13-8-4-5-9-14(13)16/h4-9,12,15,17H,1,10H2,2-3H3/b7-6+. The molecule has 0 aliphatic carbocycles. The minimum Gasteiger partial charge on any atom is -0.388 e. The molecule has 0 amide bonds. The number of benzene rings is 1. The van der Waals surface area contributed by atoms with Crippen LogP contribution in [0, 0.1) is 5.82 Å². The SMILES string of the molecule is C=C(/C=C/CC(O)c1ccccc1F)C(C)OC. The lowest BCUT2D eigenvalue weighted by atomic mass is 10.0. The lowest BCUT2D eigenvalue weighted by Gasteiger charge is -2.11.